The number of nitrogens with one attached hydrogen (secondary N) is 1. The van der Waals surface area contributed by atoms with Crippen LogP contribution in [0.2, 0.25) is 0 Å². The molecule has 0 amide bonds. The number of rotatable bonds is 9. The highest BCUT2D eigenvalue weighted by Gasteiger charge is 2.12. The fraction of sp³-hybridized carbons (Fsp3) is 0.600. The molecule has 0 bridgehead atoms. The molecule has 0 aliphatic carbocycles. The molecule has 3 nitrogen and oxygen atoms in total. The zero-order valence-corrected chi connectivity index (χ0v) is 13.0. The minimum Gasteiger partial charge on any atom is -0.319 e. The monoisotopic (exact) mass is 301 g/mol. The molecule has 0 heterocycles. The topological polar surface area (TPSA) is 46.2 Å². The highest BCUT2D eigenvalue weighted by Crippen LogP contribution is 2.15. The predicted molar refractivity (Wildman–Crippen MR) is 81.1 cm³/mol. The minimum atomic E-state index is -2.88. The zero-order valence-electron chi connectivity index (χ0n) is 12.2. The summed E-state index contributed by atoms with van der Waals surface area (Å²) in [4.78, 5) is 0. The van der Waals surface area contributed by atoms with E-state index in [4.69, 9.17) is 0 Å². The van der Waals surface area contributed by atoms with Gasteiger partial charge in [0, 0.05) is 5.75 Å². The van der Waals surface area contributed by atoms with Gasteiger partial charge in [-0.3, -0.25) is 0 Å². The van der Waals surface area contributed by atoms with Crippen molar-refractivity contribution in [3.05, 3.63) is 35.6 Å². The molecule has 1 aromatic carbocycles. The van der Waals surface area contributed by atoms with Crippen LogP contribution in [0.15, 0.2) is 24.3 Å². The molecule has 1 rings (SSSR count). The van der Waals surface area contributed by atoms with Crippen molar-refractivity contribution in [2.75, 3.05) is 25.1 Å². The Morgan fingerprint density at radius 1 is 1.25 bits per heavy atom. The van der Waals surface area contributed by atoms with Crippen LogP contribution in [-0.4, -0.2) is 33.5 Å². The Morgan fingerprint density at radius 2 is 1.90 bits per heavy atom. The molecule has 114 valence electrons. The Bertz CT molecular complexity index is 485. The number of halogens is 1. The second-order valence-electron chi connectivity index (χ2n) is 5.13. The van der Waals surface area contributed by atoms with Crippen molar-refractivity contribution in [3.63, 3.8) is 0 Å². The van der Waals surface area contributed by atoms with Gasteiger partial charge in [0.2, 0.25) is 0 Å². The molecule has 0 aromatic heterocycles. The van der Waals surface area contributed by atoms with E-state index in [0.717, 1.165) is 24.9 Å². The first-order valence-corrected chi connectivity index (χ1v) is 8.88. The average Bonchev–Trinajstić information content (AvgIpc) is 2.41. The van der Waals surface area contributed by atoms with Crippen LogP contribution in [-0.2, 0) is 16.3 Å². The molecule has 0 radical (unpaired) electrons. The third-order valence-corrected chi connectivity index (χ3v) is 5.23. The van der Waals surface area contributed by atoms with Gasteiger partial charge in [-0.15, -0.1) is 0 Å². The third-order valence-electron chi connectivity index (χ3n) is 3.44. The van der Waals surface area contributed by atoms with Gasteiger partial charge in [-0.25, -0.2) is 12.8 Å². The van der Waals surface area contributed by atoms with Gasteiger partial charge in [-0.2, -0.15) is 0 Å². The summed E-state index contributed by atoms with van der Waals surface area (Å²) >= 11 is 0. The SMILES string of the molecule is CCS(=O)(=O)CCCC(CNC)Cc1ccc(F)cc1. The molecule has 20 heavy (non-hydrogen) atoms. The molecule has 1 atom stereocenters. The van der Waals surface area contributed by atoms with E-state index in [1.165, 1.54) is 12.1 Å². The normalized spacial score (nSPS) is 13.3. The van der Waals surface area contributed by atoms with Crippen LogP contribution >= 0.6 is 0 Å². The van der Waals surface area contributed by atoms with Crippen molar-refractivity contribution < 1.29 is 12.8 Å². The Hall–Kier alpha value is -0.940. The first-order chi connectivity index (χ1) is 9.46. The van der Waals surface area contributed by atoms with Crippen molar-refractivity contribution in [3.8, 4) is 0 Å². The second-order valence-corrected chi connectivity index (χ2v) is 7.61. The van der Waals surface area contributed by atoms with Crippen LogP contribution in [0.25, 0.3) is 0 Å². The van der Waals surface area contributed by atoms with Gasteiger partial charge >= 0.3 is 0 Å². The summed E-state index contributed by atoms with van der Waals surface area (Å²) < 4.78 is 35.8. The summed E-state index contributed by atoms with van der Waals surface area (Å²) in [6.07, 6.45) is 2.38. The van der Waals surface area contributed by atoms with Crippen LogP contribution in [0.5, 0.6) is 0 Å². The first kappa shape index (κ1) is 17.1. The number of benzene rings is 1. The Morgan fingerprint density at radius 3 is 2.45 bits per heavy atom. The molecule has 0 saturated carbocycles. The third kappa shape index (κ3) is 6.48. The lowest BCUT2D eigenvalue weighted by molar-refractivity contribution is 0.454. The summed E-state index contributed by atoms with van der Waals surface area (Å²) in [5, 5.41) is 3.14. The molecule has 0 saturated heterocycles. The second kappa shape index (κ2) is 8.37. The summed E-state index contributed by atoms with van der Waals surface area (Å²) in [5.41, 5.74) is 1.09. The highest BCUT2D eigenvalue weighted by molar-refractivity contribution is 7.91. The molecule has 1 N–H and O–H groups in total. The first-order valence-electron chi connectivity index (χ1n) is 7.06. The maximum atomic E-state index is 12.9. The van der Waals surface area contributed by atoms with Gasteiger partial charge in [0.1, 0.15) is 15.7 Å². The predicted octanol–water partition coefficient (Wildman–Crippen LogP) is 2.42. The van der Waals surface area contributed by atoms with Crippen molar-refractivity contribution >= 4 is 9.84 Å². The number of hydrogen-bond acceptors (Lipinski definition) is 3. The number of hydrogen-bond donors (Lipinski definition) is 1. The van der Waals surface area contributed by atoms with E-state index >= 15 is 0 Å². The summed E-state index contributed by atoms with van der Waals surface area (Å²) in [7, 11) is -0.989. The van der Waals surface area contributed by atoms with Crippen molar-refractivity contribution in [2.45, 2.75) is 26.2 Å². The molecule has 0 spiro atoms. The van der Waals surface area contributed by atoms with E-state index in [1.54, 1.807) is 19.1 Å². The van der Waals surface area contributed by atoms with Crippen molar-refractivity contribution in [2.24, 2.45) is 5.92 Å². The maximum absolute atomic E-state index is 12.9. The molecular weight excluding hydrogens is 277 g/mol. The largest absolute Gasteiger partial charge is 0.319 e. The van der Waals surface area contributed by atoms with Gasteiger partial charge in [0.25, 0.3) is 0 Å². The summed E-state index contributed by atoms with van der Waals surface area (Å²) in [6.45, 7) is 2.52. The molecule has 0 aliphatic heterocycles. The molecule has 1 unspecified atom stereocenters. The van der Waals surface area contributed by atoms with Crippen LogP contribution < -0.4 is 5.32 Å². The van der Waals surface area contributed by atoms with Crippen molar-refractivity contribution in [1.82, 2.24) is 5.32 Å². The summed E-state index contributed by atoms with van der Waals surface area (Å²) in [6, 6.07) is 6.52. The van der Waals surface area contributed by atoms with Crippen molar-refractivity contribution in [1.29, 1.82) is 0 Å². The molecular formula is C15H24FNO2S. The average molecular weight is 301 g/mol. The van der Waals surface area contributed by atoms with Crippen LogP contribution in [0.1, 0.15) is 25.3 Å². The highest BCUT2D eigenvalue weighted by atomic mass is 32.2. The molecule has 5 heteroatoms. The van der Waals surface area contributed by atoms with Gasteiger partial charge < -0.3 is 5.32 Å². The van der Waals surface area contributed by atoms with Gasteiger partial charge in [0.15, 0.2) is 0 Å². The van der Waals surface area contributed by atoms with E-state index in [1.807, 2.05) is 7.05 Å². The van der Waals surface area contributed by atoms with Crippen LogP contribution in [0.3, 0.4) is 0 Å². The minimum absolute atomic E-state index is 0.210. The fourth-order valence-electron chi connectivity index (χ4n) is 2.26. The van der Waals surface area contributed by atoms with Gasteiger partial charge in [0.05, 0.1) is 5.75 Å². The Kier molecular flexibility index (Phi) is 7.16. The quantitative estimate of drug-likeness (QED) is 0.762. The van der Waals surface area contributed by atoms with Gasteiger partial charge in [-0.05, 0) is 56.5 Å². The zero-order chi connectivity index (χ0) is 15.0. The molecule has 0 fully saturated rings. The van der Waals surface area contributed by atoms with E-state index in [9.17, 15) is 12.8 Å². The smallest absolute Gasteiger partial charge is 0.150 e. The summed E-state index contributed by atoms with van der Waals surface area (Å²) in [5.74, 6) is 0.611. The van der Waals surface area contributed by atoms with E-state index in [-0.39, 0.29) is 17.3 Å². The van der Waals surface area contributed by atoms with Crippen LogP contribution in [0.4, 0.5) is 4.39 Å². The lowest BCUT2D eigenvalue weighted by atomic mass is 9.95. The Labute approximate surface area is 121 Å². The fourth-order valence-corrected chi connectivity index (χ4v) is 3.15. The van der Waals surface area contributed by atoms with Gasteiger partial charge in [-0.1, -0.05) is 19.1 Å². The standard InChI is InChI=1S/C15H24FNO2S/c1-3-20(18,19)10-4-5-14(12-17-2)11-13-6-8-15(16)9-7-13/h6-9,14,17H,3-5,10-12H2,1-2H3. The van der Waals surface area contributed by atoms with Crippen LogP contribution in [0, 0.1) is 11.7 Å². The van der Waals surface area contributed by atoms with E-state index in [0.29, 0.717) is 12.3 Å². The lowest BCUT2D eigenvalue weighted by Crippen LogP contribution is -2.22. The Balaban J connectivity index is 2.50. The van der Waals surface area contributed by atoms with E-state index in [2.05, 4.69) is 5.32 Å². The van der Waals surface area contributed by atoms with E-state index < -0.39 is 9.84 Å². The number of sulfone groups is 1. The lowest BCUT2D eigenvalue weighted by Gasteiger charge is -2.16. The maximum Gasteiger partial charge on any atom is 0.150 e. The molecule has 0 aliphatic rings. The molecule has 1 aromatic rings.